The van der Waals surface area contributed by atoms with Crippen LogP contribution in [0.25, 0.3) is 0 Å². The van der Waals surface area contributed by atoms with Gasteiger partial charge in [0.2, 0.25) is 3.79 Å². The van der Waals surface area contributed by atoms with E-state index in [0.717, 1.165) is 10.8 Å². The first-order chi connectivity index (χ1) is 16.4. The first-order valence-electron chi connectivity index (χ1n) is 9.93. The third kappa shape index (κ3) is 7.33. The number of benzene rings is 1. The maximum Gasteiger partial charge on any atom is 0.530 e. The summed E-state index contributed by atoms with van der Waals surface area (Å²) >= 11 is 17.0. The Balaban J connectivity index is 1.79. The summed E-state index contributed by atoms with van der Waals surface area (Å²) in [7, 11) is -4.42. The van der Waals surface area contributed by atoms with Crippen LogP contribution in [-0.2, 0) is 18.3 Å². The minimum Gasteiger partial charge on any atom is -0.404 e. The Morgan fingerprint density at radius 3 is 2.49 bits per heavy atom. The van der Waals surface area contributed by atoms with Crippen LogP contribution >= 0.6 is 42.6 Å². The molecule has 11 nitrogen and oxygen atoms in total. The van der Waals surface area contributed by atoms with Crippen LogP contribution in [0, 0.1) is 11.8 Å². The molecule has 1 saturated heterocycles. The molecule has 190 valence electrons. The second-order valence-electron chi connectivity index (χ2n) is 7.17. The highest BCUT2D eigenvalue weighted by atomic mass is 35.6. The lowest BCUT2D eigenvalue weighted by atomic mass is 10.1. The van der Waals surface area contributed by atoms with E-state index in [2.05, 4.69) is 16.8 Å². The number of aliphatic hydroxyl groups is 2. The average molecular weight is 570 g/mol. The number of nitrogens with zero attached hydrogens (tertiary/aromatic N) is 1. The summed E-state index contributed by atoms with van der Waals surface area (Å²) in [6.07, 6.45) is -4.82. The number of H-pyrrole nitrogens is 1. The number of nitrogens with one attached hydrogen (secondary N) is 1. The molecule has 0 amide bonds. The number of hydrogen-bond acceptors (Lipinski definition) is 9. The van der Waals surface area contributed by atoms with Crippen LogP contribution in [0.3, 0.4) is 0 Å². The van der Waals surface area contributed by atoms with Gasteiger partial charge in [0.25, 0.3) is 5.56 Å². The van der Waals surface area contributed by atoms with E-state index in [-0.39, 0.29) is 11.3 Å². The summed E-state index contributed by atoms with van der Waals surface area (Å²) in [5.41, 5.74) is -1.69. The Morgan fingerprint density at radius 2 is 1.86 bits per heavy atom. The lowest BCUT2D eigenvalue weighted by Gasteiger charge is -2.22. The number of aromatic nitrogens is 2. The Labute approximate surface area is 214 Å². The molecular formula is C20H20Cl3N2O9P. The molecule has 0 radical (unpaired) electrons. The van der Waals surface area contributed by atoms with E-state index in [1.54, 1.807) is 18.2 Å². The minimum absolute atomic E-state index is 0.0574. The van der Waals surface area contributed by atoms with Crippen molar-refractivity contribution in [3.8, 4) is 17.6 Å². The van der Waals surface area contributed by atoms with Gasteiger partial charge in [-0.1, -0.05) is 58.9 Å². The molecule has 2 aromatic rings. The topological polar surface area (TPSA) is 149 Å². The van der Waals surface area contributed by atoms with Gasteiger partial charge in [-0.2, -0.15) is 0 Å². The van der Waals surface area contributed by atoms with Gasteiger partial charge < -0.3 is 19.5 Å². The fourth-order valence-corrected chi connectivity index (χ4v) is 4.65. The summed E-state index contributed by atoms with van der Waals surface area (Å²) in [6.45, 7) is 0.223. The van der Waals surface area contributed by atoms with Crippen LogP contribution in [0.15, 0.2) is 46.1 Å². The summed E-state index contributed by atoms with van der Waals surface area (Å²) in [5, 5.41) is 20.9. The van der Waals surface area contributed by atoms with Crippen molar-refractivity contribution in [1.29, 1.82) is 0 Å². The quantitative estimate of drug-likeness (QED) is 0.247. The van der Waals surface area contributed by atoms with Crippen LogP contribution < -0.4 is 15.8 Å². The number of aliphatic hydroxyl groups excluding tert-OH is 2. The Morgan fingerprint density at radius 1 is 1.17 bits per heavy atom. The normalized spacial score (nSPS) is 23.8. The number of phosphoric acid groups is 1. The van der Waals surface area contributed by atoms with Crippen LogP contribution in [0.4, 0.5) is 0 Å². The van der Waals surface area contributed by atoms with Crippen molar-refractivity contribution in [3.05, 3.63) is 62.9 Å². The first kappa shape index (κ1) is 27.7. The lowest BCUT2D eigenvalue weighted by molar-refractivity contribution is -0.0549. The molecule has 0 saturated carbocycles. The number of para-hydroxylation sites is 1. The van der Waals surface area contributed by atoms with Crippen molar-refractivity contribution < 1.29 is 33.1 Å². The van der Waals surface area contributed by atoms with Crippen molar-refractivity contribution in [2.45, 2.75) is 35.3 Å². The average Bonchev–Trinajstić information content (AvgIpc) is 3.07. The van der Waals surface area contributed by atoms with Gasteiger partial charge in [-0.25, -0.2) is 9.36 Å². The fourth-order valence-electron chi connectivity index (χ4n) is 3.01. The number of aromatic amines is 1. The first-order valence-corrected chi connectivity index (χ1v) is 12.5. The Hall–Kier alpha value is -1.84. The van der Waals surface area contributed by atoms with E-state index in [0.29, 0.717) is 0 Å². The van der Waals surface area contributed by atoms with E-state index in [1.807, 2.05) is 0 Å². The number of ether oxygens (including phenoxy) is 1. The number of phosphoric ester groups is 1. The molecule has 2 heterocycles. The second-order valence-corrected chi connectivity index (χ2v) is 11.3. The largest absolute Gasteiger partial charge is 0.530 e. The molecular weight excluding hydrogens is 550 g/mol. The summed E-state index contributed by atoms with van der Waals surface area (Å²) in [5.74, 6) is 5.16. The molecule has 0 bridgehead atoms. The lowest BCUT2D eigenvalue weighted by Crippen LogP contribution is -2.38. The number of halogens is 3. The van der Waals surface area contributed by atoms with E-state index in [9.17, 15) is 24.4 Å². The van der Waals surface area contributed by atoms with E-state index in [1.165, 1.54) is 19.1 Å². The van der Waals surface area contributed by atoms with Gasteiger partial charge in [0.15, 0.2) is 6.23 Å². The third-order valence-corrected chi connectivity index (χ3v) is 6.25. The molecule has 1 unspecified atom stereocenters. The highest BCUT2D eigenvalue weighted by Crippen LogP contribution is 2.51. The van der Waals surface area contributed by atoms with Crippen molar-refractivity contribution in [2.24, 2.45) is 0 Å². The van der Waals surface area contributed by atoms with Crippen molar-refractivity contribution in [3.63, 3.8) is 0 Å². The van der Waals surface area contributed by atoms with E-state index < -0.39 is 60.6 Å². The maximum absolute atomic E-state index is 13.2. The molecule has 3 rings (SSSR count). The Kier molecular flexibility index (Phi) is 9.10. The van der Waals surface area contributed by atoms with Crippen LogP contribution in [0.5, 0.6) is 5.75 Å². The highest BCUT2D eigenvalue weighted by Gasteiger charge is 2.46. The fraction of sp³-hybridized carbons (Fsp3) is 0.400. The van der Waals surface area contributed by atoms with Gasteiger partial charge in [-0.05, 0) is 19.1 Å². The van der Waals surface area contributed by atoms with Crippen molar-refractivity contribution in [2.75, 3.05) is 13.2 Å². The smallest absolute Gasteiger partial charge is 0.404 e. The number of hydrogen-bond donors (Lipinski definition) is 3. The zero-order valence-electron chi connectivity index (χ0n) is 18.0. The molecule has 1 fully saturated rings. The van der Waals surface area contributed by atoms with Gasteiger partial charge >= 0.3 is 13.5 Å². The maximum atomic E-state index is 13.2. The summed E-state index contributed by atoms with van der Waals surface area (Å²) in [4.78, 5) is 26.2. The molecule has 5 atom stereocenters. The standard InChI is InChI=1S/C20H20Cl3N2O9P/c1-2-6-12-9-25(19(29)24-17(12)28)18-16(27)15(26)14(33-18)10-31-35(30,32-11-20(21,22)23)34-13-7-4-3-5-8-13/h3-5,7-9,14-16,18,26-27H,10-11H2,1H3,(H,24,28,29)/t14-,15-,16+,18-,35?/m1/s1. The molecule has 1 aliphatic rings. The second kappa shape index (κ2) is 11.5. The number of alkyl halides is 3. The highest BCUT2D eigenvalue weighted by molar-refractivity contribution is 7.49. The molecule has 1 aliphatic heterocycles. The zero-order chi connectivity index (χ0) is 25.8. The molecule has 15 heteroatoms. The van der Waals surface area contributed by atoms with Crippen LogP contribution in [0.1, 0.15) is 18.7 Å². The molecule has 0 spiro atoms. The zero-order valence-corrected chi connectivity index (χ0v) is 21.1. The number of rotatable bonds is 8. The van der Waals surface area contributed by atoms with Gasteiger partial charge in [0.05, 0.1) is 6.61 Å². The predicted octanol–water partition coefficient (Wildman–Crippen LogP) is 2.12. The van der Waals surface area contributed by atoms with Crippen molar-refractivity contribution in [1.82, 2.24) is 9.55 Å². The molecule has 0 aliphatic carbocycles. The monoisotopic (exact) mass is 568 g/mol. The van der Waals surface area contributed by atoms with Crippen LogP contribution in [-0.4, -0.2) is 55.1 Å². The minimum atomic E-state index is -4.42. The predicted molar refractivity (Wildman–Crippen MR) is 127 cm³/mol. The Bertz CT molecular complexity index is 1250. The SMILES string of the molecule is CC#Cc1cn([C@@H]2O[C@H](COP(=O)(OCC(Cl)(Cl)Cl)Oc3ccccc3)[C@@H](O)[C@@H]2O)c(=O)[nH]c1=O. The summed E-state index contributed by atoms with van der Waals surface area (Å²) in [6, 6.07) is 7.88. The molecule has 3 N–H and O–H groups in total. The van der Waals surface area contributed by atoms with E-state index >= 15 is 0 Å². The van der Waals surface area contributed by atoms with Gasteiger partial charge in [0.1, 0.15) is 36.2 Å². The van der Waals surface area contributed by atoms with E-state index in [4.69, 9.17) is 53.1 Å². The summed E-state index contributed by atoms with van der Waals surface area (Å²) < 4.78 is 33.4. The molecule has 1 aromatic heterocycles. The van der Waals surface area contributed by atoms with Gasteiger partial charge in [0, 0.05) is 6.20 Å². The van der Waals surface area contributed by atoms with Gasteiger partial charge in [-0.3, -0.25) is 23.4 Å². The molecule has 35 heavy (non-hydrogen) atoms. The van der Waals surface area contributed by atoms with Crippen LogP contribution in [0.2, 0.25) is 0 Å². The van der Waals surface area contributed by atoms with Crippen molar-refractivity contribution >= 4 is 42.6 Å². The van der Waals surface area contributed by atoms with Gasteiger partial charge in [-0.15, -0.1) is 5.92 Å². The third-order valence-electron chi connectivity index (χ3n) is 4.58. The molecule has 1 aromatic carbocycles.